The van der Waals surface area contributed by atoms with Gasteiger partial charge in [0.15, 0.2) is 0 Å². The zero-order valence-electron chi connectivity index (χ0n) is 25.4. The van der Waals surface area contributed by atoms with Gasteiger partial charge in [-0.3, -0.25) is 0 Å². The highest BCUT2D eigenvalue weighted by Crippen LogP contribution is 2.47. The Bertz CT molecular complexity index is 2800. The third-order valence-corrected chi connectivity index (χ3v) is 10.8. The minimum atomic E-state index is 1.03. The molecular formula is C45H27NS. The van der Waals surface area contributed by atoms with E-state index in [1.165, 1.54) is 85.9 Å². The summed E-state index contributed by atoms with van der Waals surface area (Å²) in [6.45, 7) is 0. The first-order chi connectivity index (χ1) is 23.3. The third-order valence-electron chi connectivity index (χ3n) is 9.63. The zero-order chi connectivity index (χ0) is 30.9. The van der Waals surface area contributed by atoms with Gasteiger partial charge >= 0.3 is 0 Å². The summed E-state index contributed by atoms with van der Waals surface area (Å²) in [4.78, 5) is 5.18. The molecule has 2 heterocycles. The largest absolute Gasteiger partial charge is 0.246 e. The van der Waals surface area contributed by atoms with Crippen molar-refractivity contribution in [2.24, 2.45) is 0 Å². The Hall–Kier alpha value is -5.83. The molecule has 0 bridgehead atoms. The van der Waals surface area contributed by atoms with Crippen LogP contribution in [0.3, 0.4) is 0 Å². The van der Waals surface area contributed by atoms with Crippen LogP contribution in [0.5, 0.6) is 0 Å². The van der Waals surface area contributed by atoms with Gasteiger partial charge in [-0.1, -0.05) is 146 Å². The molecule has 0 spiro atoms. The minimum Gasteiger partial charge on any atom is -0.246 e. The lowest BCUT2D eigenvalue weighted by molar-refractivity contribution is 1.52. The van der Waals surface area contributed by atoms with Gasteiger partial charge in [0, 0.05) is 21.0 Å². The lowest BCUT2D eigenvalue weighted by Crippen LogP contribution is -1.92. The average molecular weight is 614 g/mol. The molecule has 10 rings (SSSR count). The molecule has 218 valence electrons. The first-order valence-corrected chi connectivity index (χ1v) is 16.9. The Morgan fingerprint density at radius 3 is 1.66 bits per heavy atom. The molecule has 0 amide bonds. The topological polar surface area (TPSA) is 12.9 Å². The Morgan fingerprint density at radius 2 is 0.915 bits per heavy atom. The molecule has 1 nitrogen and oxygen atoms in total. The number of pyridine rings is 1. The number of aromatic nitrogens is 1. The van der Waals surface area contributed by atoms with Crippen LogP contribution in [0, 0.1) is 0 Å². The van der Waals surface area contributed by atoms with Crippen molar-refractivity contribution in [2.45, 2.75) is 0 Å². The summed E-state index contributed by atoms with van der Waals surface area (Å²) in [5.74, 6) is 0. The number of benzene rings is 8. The van der Waals surface area contributed by atoms with Gasteiger partial charge in [-0.15, -0.1) is 11.3 Å². The molecule has 10 aromatic rings. The van der Waals surface area contributed by atoms with Crippen LogP contribution >= 0.6 is 11.3 Å². The van der Waals surface area contributed by atoms with Gasteiger partial charge in [0.2, 0.25) is 0 Å². The van der Waals surface area contributed by atoms with E-state index in [-0.39, 0.29) is 0 Å². The number of fused-ring (bicyclic) bond motifs is 7. The molecule has 0 aliphatic rings. The van der Waals surface area contributed by atoms with Crippen LogP contribution in [0.25, 0.3) is 96.9 Å². The number of nitrogens with zero attached hydrogens (tertiary/aromatic N) is 1. The van der Waals surface area contributed by atoms with E-state index in [1.807, 2.05) is 11.3 Å². The van der Waals surface area contributed by atoms with Crippen LogP contribution < -0.4 is 0 Å². The van der Waals surface area contributed by atoms with Gasteiger partial charge in [0.05, 0.1) is 15.7 Å². The molecular weight excluding hydrogens is 587 g/mol. The molecule has 0 aliphatic heterocycles. The zero-order valence-corrected chi connectivity index (χ0v) is 26.3. The monoisotopic (exact) mass is 613 g/mol. The number of thiophene rings is 1. The third kappa shape index (κ3) is 3.99. The highest BCUT2D eigenvalue weighted by atomic mass is 32.1. The maximum atomic E-state index is 5.18. The molecule has 0 saturated carbocycles. The Kier molecular flexibility index (Phi) is 5.81. The van der Waals surface area contributed by atoms with Gasteiger partial charge in [0.1, 0.15) is 0 Å². The highest BCUT2D eigenvalue weighted by molar-refractivity contribution is 7.26. The van der Waals surface area contributed by atoms with E-state index in [4.69, 9.17) is 4.98 Å². The maximum absolute atomic E-state index is 5.18. The lowest BCUT2D eigenvalue weighted by atomic mass is 9.84. The van der Waals surface area contributed by atoms with E-state index in [0.29, 0.717) is 0 Å². The molecule has 0 atom stereocenters. The fourth-order valence-corrected chi connectivity index (χ4v) is 8.85. The predicted molar refractivity (Wildman–Crippen MR) is 203 cm³/mol. The molecule has 8 aromatic carbocycles. The van der Waals surface area contributed by atoms with Crippen LogP contribution in [0.1, 0.15) is 0 Å². The molecule has 0 fully saturated rings. The summed E-state index contributed by atoms with van der Waals surface area (Å²) in [6, 6.07) is 59.7. The SMILES string of the molecule is c1cc(-c2c3ccccc3c(-c3cccc4ccccc34)c3ccccc23)cc(-c2c3ccccc3nc3c2sc2ccccc23)c1. The second kappa shape index (κ2) is 10.3. The minimum absolute atomic E-state index is 1.03. The quantitative estimate of drug-likeness (QED) is 0.181. The van der Waals surface area contributed by atoms with Gasteiger partial charge in [-0.05, 0) is 78.3 Å². The van der Waals surface area contributed by atoms with Gasteiger partial charge < -0.3 is 0 Å². The van der Waals surface area contributed by atoms with Crippen LogP contribution in [0.4, 0.5) is 0 Å². The van der Waals surface area contributed by atoms with Crippen LogP contribution in [0.15, 0.2) is 164 Å². The summed E-state index contributed by atoms with van der Waals surface area (Å²) in [6.07, 6.45) is 0. The summed E-state index contributed by atoms with van der Waals surface area (Å²) in [7, 11) is 0. The van der Waals surface area contributed by atoms with Crippen LogP contribution in [0.2, 0.25) is 0 Å². The molecule has 0 unspecified atom stereocenters. The van der Waals surface area contributed by atoms with Crippen molar-refractivity contribution in [1.29, 1.82) is 0 Å². The van der Waals surface area contributed by atoms with Crippen molar-refractivity contribution >= 4 is 74.9 Å². The van der Waals surface area contributed by atoms with Crippen molar-refractivity contribution < 1.29 is 0 Å². The molecule has 0 N–H and O–H groups in total. The standard InChI is InChI=1S/C45H27NS/c1-2-17-31-28(13-1)14-12-24-32(31)43-35-20-5-3-18-33(35)41(34-19-4-6-21-36(34)43)29-15-11-16-30(27-29)42-37-22-7-9-25-39(37)46-44-38-23-8-10-26-40(38)47-45(42)44/h1-27H. The molecule has 0 aliphatic carbocycles. The average Bonchev–Trinajstić information content (AvgIpc) is 3.50. The van der Waals surface area contributed by atoms with Crippen molar-refractivity contribution in [3.8, 4) is 33.4 Å². The normalized spacial score (nSPS) is 11.8. The van der Waals surface area contributed by atoms with E-state index in [9.17, 15) is 0 Å². The van der Waals surface area contributed by atoms with Crippen LogP contribution in [-0.4, -0.2) is 4.98 Å². The fourth-order valence-electron chi connectivity index (χ4n) is 7.63. The smallest absolute Gasteiger partial charge is 0.0902 e. The summed E-state index contributed by atoms with van der Waals surface area (Å²) < 4.78 is 2.51. The Balaban J connectivity index is 1.29. The first-order valence-electron chi connectivity index (χ1n) is 16.1. The molecule has 0 saturated heterocycles. The second-order valence-electron chi connectivity index (χ2n) is 12.2. The van der Waals surface area contributed by atoms with Crippen molar-refractivity contribution in [3.63, 3.8) is 0 Å². The molecule has 2 aromatic heterocycles. The Labute approximate surface area is 276 Å². The van der Waals surface area contributed by atoms with E-state index in [2.05, 4.69) is 164 Å². The van der Waals surface area contributed by atoms with E-state index in [0.717, 1.165) is 11.0 Å². The van der Waals surface area contributed by atoms with E-state index in [1.54, 1.807) is 0 Å². The molecule has 0 radical (unpaired) electrons. The molecule has 47 heavy (non-hydrogen) atoms. The second-order valence-corrected chi connectivity index (χ2v) is 13.3. The number of rotatable bonds is 3. The van der Waals surface area contributed by atoms with Crippen LogP contribution in [-0.2, 0) is 0 Å². The first kappa shape index (κ1) is 26.4. The summed E-state index contributed by atoms with van der Waals surface area (Å²) in [5.41, 5.74) is 9.63. The number of hydrogen-bond acceptors (Lipinski definition) is 2. The van der Waals surface area contributed by atoms with Gasteiger partial charge in [-0.25, -0.2) is 4.98 Å². The Morgan fingerprint density at radius 1 is 0.383 bits per heavy atom. The van der Waals surface area contributed by atoms with E-state index < -0.39 is 0 Å². The van der Waals surface area contributed by atoms with Crippen molar-refractivity contribution in [2.75, 3.05) is 0 Å². The number of hydrogen-bond donors (Lipinski definition) is 0. The summed E-state index contributed by atoms with van der Waals surface area (Å²) >= 11 is 1.84. The lowest BCUT2D eigenvalue weighted by Gasteiger charge is -2.19. The van der Waals surface area contributed by atoms with Gasteiger partial charge in [-0.2, -0.15) is 0 Å². The molecule has 2 heteroatoms. The predicted octanol–water partition coefficient (Wildman–Crippen LogP) is 13.1. The van der Waals surface area contributed by atoms with Crippen molar-refractivity contribution in [1.82, 2.24) is 4.98 Å². The number of para-hydroxylation sites is 1. The van der Waals surface area contributed by atoms with Crippen molar-refractivity contribution in [3.05, 3.63) is 164 Å². The van der Waals surface area contributed by atoms with E-state index >= 15 is 0 Å². The summed E-state index contributed by atoms with van der Waals surface area (Å²) in [5, 5.41) is 10.00. The highest BCUT2D eigenvalue weighted by Gasteiger charge is 2.20. The van der Waals surface area contributed by atoms with Gasteiger partial charge in [0.25, 0.3) is 0 Å². The maximum Gasteiger partial charge on any atom is 0.0902 e. The fraction of sp³-hybridized carbons (Fsp3) is 0.